The summed E-state index contributed by atoms with van der Waals surface area (Å²) in [6.07, 6.45) is 5.06. The van der Waals surface area contributed by atoms with Crippen molar-refractivity contribution in [3.05, 3.63) is 24.3 Å². The Labute approximate surface area is 154 Å². The first-order chi connectivity index (χ1) is 11.9. The van der Waals surface area contributed by atoms with Crippen LogP contribution in [0.5, 0.6) is 0 Å². The molecule has 2 aliphatic rings. The van der Waals surface area contributed by atoms with Crippen LogP contribution in [0.25, 0.3) is 0 Å². The molecule has 0 radical (unpaired) electrons. The van der Waals surface area contributed by atoms with Gasteiger partial charge in [-0.25, -0.2) is 0 Å². The summed E-state index contributed by atoms with van der Waals surface area (Å²) in [4.78, 5) is 28.2. The standard InChI is InChI=1S/C20H28N2O2S/c1-14-8-4-5-9-15(14)21-18(23)13-22-16-10-6-7-11-17(16)25-20(2,3)12-19(22)24/h6-7,10-11,14-15H,4-5,8-9,12-13H2,1-3H3,(H,21,23). The van der Waals surface area contributed by atoms with E-state index >= 15 is 0 Å². The molecule has 1 aliphatic heterocycles. The third-order valence-electron chi connectivity index (χ3n) is 5.18. The third kappa shape index (κ3) is 4.38. The Hall–Kier alpha value is -1.49. The van der Waals surface area contributed by atoms with E-state index in [1.54, 1.807) is 16.7 Å². The number of hydrogen-bond donors (Lipinski definition) is 1. The quantitative estimate of drug-likeness (QED) is 0.887. The number of carbonyl (C=O) groups excluding carboxylic acids is 2. The lowest BCUT2D eigenvalue weighted by molar-refractivity contribution is -0.124. The summed E-state index contributed by atoms with van der Waals surface area (Å²) in [7, 11) is 0. The second kappa shape index (κ2) is 7.40. The topological polar surface area (TPSA) is 49.4 Å². The fourth-order valence-electron chi connectivity index (χ4n) is 3.79. The Morgan fingerprint density at radius 3 is 2.76 bits per heavy atom. The number of benzene rings is 1. The molecule has 0 aromatic heterocycles. The zero-order chi connectivity index (χ0) is 18.0. The highest BCUT2D eigenvalue weighted by molar-refractivity contribution is 8.00. The molecule has 4 nitrogen and oxygen atoms in total. The summed E-state index contributed by atoms with van der Waals surface area (Å²) in [5.74, 6) is 0.486. The van der Waals surface area contributed by atoms with E-state index in [4.69, 9.17) is 0 Å². The first-order valence-electron chi connectivity index (χ1n) is 9.23. The molecule has 1 saturated carbocycles. The second-order valence-corrected chi connectivity index (χ2v) is 9.67. The Morgan fingerprint density at radius 2 is 2.00 bits per heavy atom. The molecule has 2 unspecified atom stereocenters. The van der Waals surface area contributed by atoms with E-state index in [9.17, 15) is 9.59 Å². The maximum absolute atomic E-state index is 12.8. The summed E-state index contributed by atoms with van der Waals surface area (Å²) in [6, 6.07) is 8.13. The van der Waals surface area contributed by atoms with Crippen LogP contribution >= 0.6 is 11.8 Å². The van der Waals surface area contributed by atoms with Crippen molar-refractivity contribution in [3.63, 3.8) is 0 Å². The van der Waals surface area contributed by atoms with E-state index in [-0.39, 0.29) is 29.1 Å². The Kier molecular flexibility index (Phi) is 5.42. The molecule has 0 spiro atoms. The van der Waals surface area contributed by atoms with E-state index in [1.807, 2.05) is 24.3 Å². The number of thioether (sulfide) groups is 1. The van der Waals surface area contributed by atoms with Gasteiger partial charge in [-0.2, -0.15) is 0 Å². The van der Waals surface area contributed by atoms with Gasteiger partial charge in [-0.05, 0) is 44.7 Å². The monoisotopic (exact) mass is 360 g/mol. The minimum absolute atomic E-state index is 0.0225. The fraction of sp³-hybridized carbons (Fsp3) is 0.600. The van der Waals surface area contributed by atoms with Crippen molar-refractivity contribution in [1.82, 2.24) is 5.32 Å². The van der Waals surface area contributed by atoms with Gasteiger partial charge < -0.3 is 10.2 Å². The van der Waals surface area contributed by atoms with Crippen LogP contribution in [0.2, 0.25) is 0 Å². The van der Waals surface area contributed by atoms with Crippen LogP contribution < -0.4 is 10.2 Å². The van der Waals surface area contributed by atoms with Crippen molar-refractivity contribution >= 4 is 29.3 Å². The minimum atomic E-state index is -0.170. The van der Waals surface area contributed by atoms with Gasteiger partial charge in [-0.1, -0.05) is 31.9 Å². The van der Waals surface area contributed by atoms with Crippen molar-refractivity contribution < 1.29 is 9.59 Å². The summed E-state index contributed by atoms with van der Waals surface area (Å²) < 4.78 is -0.170. The molecule has 0 bridgehead atoms. The molecule has 1 N–H and O–H groups in total. The van der Waals surface area contributed by atoms with Crippen molar-refractivity contribution in [1.29, 1.82) is 0 Å². The summed E-state index contributed by atoms with van der Waals surface area (Å²) >= 11 is 1.71. The lowest BCUT2D eigenvalue weighted by atomic mass is 9.86. The minimum Gasteiger partial charge on any atom is -0.352 e. The number of nitrogens with zero attached hydrogens (tertiary/aromatic N) is 1. The predicted octanol–water partition coefficient (Wildman–Crippen LogP) is 3.99. The van der Waals surface area contributed by atoms with Crippen LogP contribution in [0.3, 0.4) is 0 Å². The van der Waals surface area contributed by atoms with E-state index in [0.717, 1.165) is 17.0 Å². The molecule has 0 saturated heterocycles. The number of fused-ring (bicyclic) bond motifs is 1. The summed E-state index contributed by atoms with van der Waals surface area (Å²) in [5, 5.41) is 3.17. The molecule has 1 aliphatic carbocycles. The number of rotatable bonds is 3. The van der Waals surface area contributed by atoms with Crippen LogP contribution in [0, 0.1) is 5.92 Å². The molecule has 25 heavy (non-hydrogen) atoms. The molecule has 1 heterocycles. The van der Waals surface area contributed by atoms with Gasteiger partial charge in [0.05, 0.1) is 5.69 Å². The van der Waals surface area contributed by atoms with E-state index in [2.05, 4.69) is 26.1 Å². The van der Waals surface area contributed by atoms with E-state index in [0.29, 0.717) is 12.3 Å². The Bertz CT molecular complexity index is 659. The van der Waals surface area contributed by atoms with Crippen molar-refractivity contribution in [2.24, 2.45) is 5.92 Å². The summed E-state index contributed by atoms with van der Waals surface area (Å²) in [6.45, 7) is 6.48. The van der Waals surface area contributed by atoms with Gasteiger partial charge >= 0.3 is 0 Å². The largest absolute Gasteiger partial charge is 0.352 e. The molecule has 1 aromatic carbocycles. The summed E-state index contributed by atoms with van der Waals surface area (Å²) in [5.41, 5.74) is 0.856. The normalized spacial score (nSPS) is 25.9. The molecule has 3 rings (SSSR count). The van der Waals surface area contributed by atoms with Crippen LogP contribution in [-0.2, 0) is 9.59 Å². The maximum Gasteiger partial charge on any atom is 0.240 e. The zero-order valence-corrected chi connectivity index (χ0v) is 16.2. The predicted molar refractivity (Wildman–Crippen MR) is 103 cm³/mol. The van der Waals surface area contributed by atoms with Crippen molar-refractivity contribution in [2.75, 3.05) is 11.4 Å². The number of anilines is 1. The van der Waals surface area contributed by atoms with Crippen LogP contribution in [0.4, 0.5) is 5.69 Å². The highest BCUT2D eigenvalue weighted by atomic mass is 32.2. The number of nitrogens with one attached hydrogen (secondary N) is 1. The van der Waals surface area contributed by atoms with Crippen molar-refractivity contribution in [2.45, 2.75) is 68.6 Å². The molecule has 2 atom stereocenters. The van der Waals surface area contributed by atoms with E-state index < -0.39 is 0 Å². The molecule has 5 heteroatoms. The maximum atomic E-state index is 12.8. The molecular weight excluding hydrogens is 332 g/mol. The van der Waals surface area contributed by atoms with Gasteiger partial charge in [0.2, 0.25) is 11.8 Å². The average molecular weight is 361 g/mol. The van der Waals surface area contributed by atoms with Crippen LogP contribution in [0.15, 0.2) is 29.2 Å². The lowest BCUT2D eigenvalue weighted by Gasteiger charge is -2.30. The highest BCUT2D eigenvalue weighted by Crippen LogP contribution is 2.43. The Morgan fingerprint density at radius 1 is 1.28 bits per heavy atom. The molecule has 1 fully saturated rings. The van der Waals surface area contributed by atoms with Crippen LogP contribution in [0.1, 0.15) is 52.9 Å². The number of carbonyl (C=O) groups is 2. The first kappa shape index (κ1) is 18.3. The number of hydrogen-bond acceptors (Lipinski definition) is 3. The van der Waals surface area contributed by atoms with Gasteiger partial charge in [0.1, 0.15) is 6.54 Å². The smallest absolute Gasteiger partial charge is 0.240 e. The zero-order valence-electron chi connectivity index (χ0n) is 15.4. The van der Waals surface area contributed by atoms with Gasteiger partial charge in [0.25, 0.3) is 0 Å². The van der Waals surface area contributed by atoms with E-state index in [1.165, 1.54) is 19.3 Å². The van der Waals surface area contributed by atoms with Gasteiger partial charge in [0.15, 0.2) is 0 Å². The SMILES string of the molecule is CC1CCCCC1NC(=O)CN1C(=O)CC(C)(C)Sc2ccccc21. The van der Waals surface area contributed by atoms with Gasteiger partial charge in [-0.15, -0.1) is 11.8 Å². The third-order valence-corrected chi connectivity index (χ3v) is 6.44. The van der Waals surface area contributed by atoms with Crippen molar-refractivity contribution in [3.8, 4) is 0 Å². The average Bonchev–Trinajstić information content (AvgIpc) is 2.63. The lowest BCUT2D eigenvalue weighted by Crippen LogP contribution is -2.47. The highest BCUT2D eigenvalue weighted by Gasteiger charge is 2.34. The molecule has 136 valence electrons. The van der Waals surface area contributed by atoms with Gasteiger partial charge in [0, 0.05) is 22.1 Å². The second-order valence-electron chi connectivity index (χ2n) is 7.92. The van der Waals surface area contributed by atoms with Gasteiger partial charge in [-0.3, -0.25) is 9.59 Å². The Balaban J connectivity index is 1.76. The molecule has 1 aromatic rings. The van der Waals surface area contributed by atoms with Crippen LogP contribution in [-0.4, -0.2) is 29.1 Å². The molecule has 2 amide bonds. The first-order valence-corrected chi connectivity index (χ1v) is 10.1. The number of amides is 2. The fourth-order valence-corrected chi connectivity index (χ4v) is 5.01. The molecular formula is C20H28N2O2S. The number of para-hydroxylation sites is 1.